The number of guanidine groups is 1. The Morgan fingerprint density at radius 2 is 1.93 bits per heavy atom. The molecule has 160 valence electrons. The zero-order chi connectivity index (χ0) is 20.9. The van der Waals surface area contributed by atoms with Crippen LogP contribution in [-0.4, -0.2) is 46.0 Å². The van der Waals surface area contributed by atoms with Gasteiger partial charge in [0, 0.05) is 20.1 Å². The van der Waals surface area contributed by atoms with Crippen LogP contribution in [0.25, 0.3) is 0 Å². The molecule has 0 spiro atoms. The Kier molecular flexibility index (Phi) is 9.92. The number of nitrogens with zero attached hydrogens (tertiary/aromatic N) is 1. The Morgan fingerprint density at radius 1 is 1.14 bits per heavy atom. The van der Waals surface area contributed by atoms with Crippen LogP contribution in [0.1, 0.15) is 38.1 Å². The molecule has 0 aliphatic heterocycles. The van der Waals surface area contributed by atoms with Crippen LogP contribution in [0.5, 0.6) is 11.5 Å². The highest BCUT2D eigenvalue weighted by Gasteiger charge is 2.13. The Bertz CT molecular complexity index is 732. The molecular formula is C22H33N3O4. The van der Waals surface area contributed by atoms with E-state index in [9.17, 15) is 0 Å². The van der Waals surface area contributed by atoms with Crippen molar-refractivity contribution in [3.8, 4) is 11.5 Å². The fourth-order valence-corrected chi connectivity index (χ4v) is 2.79. The fraction of sp³-hybridized carbons (Fsp3) is 0.500. The second-order valence-corrected chi connectivity index (χ2v) is 6.42. The molecule has 2 rings (SSSR count). The smallest absolute Gasteiger partial charge is 0.191 e. The van der Waals surface area contributed by atoms with Crippen molar-refractivity contribution in [3.63, 3.8) is 0 Å². The van der Waals surface area contributed by atoms with Gasteiger partial charge in [0.05, 0.1) is 38.7 Å². The van der Waals surface area contributed by atoms with Gasteiger partial charge in [-0.05, 0) is 50.6 Å². The number of aliphatic imine (C=N–C) groups is 1. The summed E-state index contributed by atoms with van der Waals surface area (Å²) < 4.78 is 21.9. The molecule has 0 saturated carbocycles. The van der Waals surface area contributed by atoms with Crippen molar-refractivity contribution >= 4 is 5.96 Å². The average Bonchev–Trinajstić information content (AvgIpc) is 3.23. The van der Waals surface area contributed by atoms with Crippen molar-refractivity contribution < 1.29 is 18.6 Å². The third kappa shape index (κ3) is 7.69. The summed E-state index contributed by atoms with van der Waals surface area (Å²) in [5, 5.41) is 6.81. The Morgan fingerprint density at radius 3 is 2.62 bits per heavy atom. The first-order valence-electron chi connectivity index (χ1n) is 10.1. The molecule has 0 fully saturated rings. The van der Waals surface area contributed by atoms with Crippen molar-refractivity contribution in [2.45, 2.75) is 33.2 Å². The molecule has 2 N–H and O–H groups in total. The molecule has 29 heavy (non-hydrogen) atoms. The SMILES string of the molecule is CCOc1ccc(C(C)NC(=NCCOC)NCCc2ccco2)cc1OCC. The summed E-state index contributed by atoms with van der Waals surface area (Å²) in [6, 6.07) is 9.90. The van der Waals surface area contributed by atoms with Crippen LogP contribution in [-0.2, 0) is 11.2 Å². The Labute approximate surface area is 173 Å². The van der Waals surface area contributed by atoms with E-state index in [1.54, 1.807) is 13.4 Å². The Hall–Kier alpha value is -2.67. The normalized spacial score (nSPS) is 12.5. The van der Waals surface area contributed by atoms with Crippen LogP contribution in [0.4, 0.5) is 0 Å². The van der Waals surface area contributed by atoms with E-state index in [1.807, 2.05) is 44.2 Å². The number of methoxy groups -OCH3 is 1. The van der Waals surface area contributed by atoms with E-state index in [2.05, 4.69) is 22.5 Å². The van der Waals surface area contributed by atoms with E-state index in [0.29, 0.717) is 32.9 Å². The summed E-state index contributed by atoms with van der Waals surface area (Å²) in [6.07, 6.45) is 2.47. The largest absolute Gasteiger partial charge is 0.490 e. The first-order chi connectivity index (χ1) is 14.2. The maximum Gasteiger partial charge on any atom is 0.191 e. The summed E-state index contributed by atoms with van der Waals surface area (Å²) in [5.74, 6) is 3.18. The van der Waals surface area contributed by atoms with Crippen molar-refractivity contribution in [1.82, 2.24) is 10.6 Å². The number of rotatable bonds is 12. The Balaban J connectivity index is 2.03. The molecule has 2 aromatic rings. The van der Waals surface area contributed by atoms with Gasteiger partial charge in [0.25, 0.3) is 0 Å². The van der Waals surface area contributed by atoms with E-state index in [1.165, 1.54) is 0 Å². The highest BCUT2D eigenvalue weighted by molar-refractivity contribution is 5.80. The zero-order valence-corrected chi connectivity index (χ0v) is 17.9. The summed E-state index contributed by atoms with van der Waals surface area (Å²) >= 11 is 0. The van der Waals surface area contributed by atoms with Gasteiger partial charge in [-0.25, -0.2) is 0 Å². The molecule has 7 heteroatoms. The molecule has 0 aliphatic rings. The molecular weight excluding hydrogens is 370 g/mol. The monoisotopic (exact) mass is 403 g/mol. The van der Waals surface area contributed by atoms with Gasteiger partial charge in [0.1, 0.15) is 5.76 Å². The van der Waals surface area contributed by atoms with Gasteiger partial charge >= 0.3 is 0 Å². The van der Waals surface area contributed by atoms with E-state index >= 15 is 0 Å². The molecule has 0 radical (unpaired) electrons. The maximum absolute atomic E-state index is 5.75. The lowest BCUT2D eigenvalue weighted by Gasteiger charge is -2.20. The lowest BCUT2D eigenvalue weighted by molar-refractivity contribution is 0.208. The second kappa shape index (κ2) is 12.7. The predicted molar refractivity (Wildman–Crippen MR) is 115 cm³/mol. The summed E-state index contributed by atoms with van der Waals surface area (Å²) in [4.78, 5) is 4.59. The van der Waals surface area contributed by atoms with Crippen molar-refractivity contribution in [3.05, 3.63) is 47.9 Å². The van der Waals surface area contributed by atoms with Crippen LogP contribution in [0.2, 0.25) is 0 Å². The van der Waals surface area contributed by atoms with Gasteiger partial charge in [0.15, 0.2) is 17.5 Å². The van der Waals surface area contributed by atoms with E-state index in [4.69, 9.17) is 18.6 Å². The van der Waals surface area contributed by atoms with Gasteiger partial charge < -0.3 is 29.3 Å². The number of ether oxygens (including phenoxy) is 3. The minimum atomic E-state index is 0.0299. The molecule has 1 atom stereocenters. The molecule has 1 aromatic heterocycles. The quantitative estimate of drug-likeness (QED) is 0.321. The van der Waals surface area contributed by atoms with Crippen LogP contribution < -0.4 is 20.1 Å². The van der Waals surface area contributed by atoms with Gasteiger partial charge in [-0.2, -0.15) is 0 Å². The number of nitrogens with one attached hydrogen (secondary N) is 2. The highest BCUT2D eigenvalue weighted by atomic mass is 16.5. The van der Waals surface area contributed by atoms with E-state index in [0.717, 1.165) is 35.2 Å². The minimum absolute atomic E-state index is 0.0299. The number of hydrogen-bond donors (Lipinski definition) is 2. The standard InChI is InChI=1S/C22H33N3O4/c1-5-27-20-10-9-18(16-21(20)28-6-2)17(3)25-22(24-13-15-26-4)23-12-11-19-8-7-14-29-19/h7-10,14,16-17H,5-6,11-13,15H2,1-4H3,(H2,23,24,25). The fourth-order valence-electron chi connectivity index (χ4n) is 2.79. The second-order valence-electron chi connectivity index (χ2n) is 6.42. The van der Waals surface area contributed by atoms with E-state index < -0.39 is 0 Å². The van der Waals surface area contributed by atoms with Crippen LogP contribution in [0.3, 0.4) is 0 Å². The maximum atomic E-state index is 5.75. The number of benzene rings is 1. The van der Waals surface area contributed by atoms with Crippen molar-refractivity contribution in [1.29, 1.82) is 0 Å². The van der Waals surface area contributed by atoms with Crippen LogP contribution >= 0.6 is 0 Å². The van der Waals surface area contributed by atoms with Gasteiger partial charge in [-0.15, -0.1) is 0 Å². The highest BCUT2D eigenvalue weighted by Crippen LogP contribution is 2.30. The average molecular weight is 404 g/mol. The topological polar surface area (TPSA) is 77.2 Å². The molecule has 0 amide bonds. The predicted octanol–water partition coefficient (Wildman–Crippen LogP) is 3.56. The number of hydrogen-bond acceptors (Lipinski definition) is 5. The van der Waals surface area contributed by atoms with Crippen LogP contribution in [0.15, 0.2) is 46.0 Å². The molecule has 1 aromatic carbocycles. The molecule has 0 saturated heterocycles. The van der Waals surface area contributed by atoms with E-state index in [-0.39, 0.29) is 6.04 Å². The summed E-state index contributed by atoms with van der Waals surface area (Å²) in [5.41, 5.74) is 1.09. The van der Waals surface area contributed by atoms with Gasteiger partial charge in [0.2, 0.25) is 0 Å². The van der Waals surface area contributed by atoms with Gasteiger partial charge in [-0.3, -0.25) is 4.99 Å². The lowest BCUT2D eigenvalue weighted by Crippen LogP contribution is -2.40. The molecule has 7 nitrogen and oxygen atoms in total. The van der Waals surface area contributed by atoms with Crippen molar-refractivity contribution in [2.75, 3.05) is 40.0 Å². The number of furan rings is 1. The molecule has 1 heterocycles. The van der Waals surface area contributed by atoms with Crippen molar-refractivity contribution in [2.24, 2.45) is 4.99 Å². The third-order valence-corrected chi connectivity index (χ3v) is 4.23. The summed E-state index contributed by atoms with van der Waals surface area (Å²) in [6.45, 7) is 9.06. The first kappa shape index (κ1) is 22.6. The molecule has 0 aliphatic carbocycles. The minimum Gasteiger partial charge on any atom is -0.490 e. The molecule has 1 unspecified atom stereocenters. The zero-order valence-electron chi connectivity index (χ0n) is 17.9. The molecule has 0 bridgehead atoms. The van der Waals surface area contributed by atoms with Gasteiger partial charge in [-0.1, -0.05) is 6.07 Å². The summed E-state index contributed by atoms with van der Waals surface area (Å²) in [7, 11) is 1.67. The lowest BCUT2D eigenvalue weighted by atomic mass is 10.1. The van der Waals surface area contributed by atoms with Crippen LogP contribution in [0, 0.1) is 0 Å². The third-order valence-electron chi connectivity index (χ3n) is 4.23. The first-order valence-corrected chi connectivity index (χ1v) is 10.1.